The summed E-state index contributed by atoms with van der Waals surface area (Å²) >= 11 is 7.68. The highest BCUT2D eigenvalue weighted by molar-refractivity contribution is 7.22. The average Bonchev–Trinajstić information content (AvgIpc) is 3.13. The Morgan fingerprint density at radius 1 is 1.14 bits per heavy atom. The van der Waals surface area contributed by atoms with Crippen molar-refractivity contribution >= 4 is 49.9 Å². The molecule has 4 rings (SSSR count). The van der Waals surface area contributed by atoms with E-state index < -0.39 is 0 Å². The van der Waals surface area contributed by atoms with E-state index in [4.69, 9.17) is 11.6 Å². The fraction of sp³-hybridized carbons (Fsp3) is 0.333. The summed E-state index contributed by atoms with van der Waals surface area (Å²) in [5.74, 6) is 0.109. The maximum Gasteiger partial charge on any atom is 0.242 e. The SMILES string of the molecule is CCN(C(=O)CN1CCN(c2cccc(Cl)c2)CC1)c1nc2ccccc2s1. The van der Waals surface area contributed by atoms with Gasteiger partial charge in [0.25, 0.3) is 0 Å². The Bertz CT molecular complexity index is 935. The van der Waals surface area contributed by atoms with Crippen LogP contribution in [-0.2, 0) is 4.79 Å². The molecule has 0 N–H and O–H groups in total. The Morgan fingerprint density at radius 2 is 1.93 bits per heavy atom. The third kappa shape index (κ3) is 4.14. The van der Waals surface area contributed by atoms with E-state index in [1.54, 1.807) is 16.2 Å². The van der Waals surface area contributed by atoms with Crippen LogP contribution in [0, 0.1) is 0 Å². The molecule has 2 heterocycles. The Balaban J connectivity index is 1.38. The zero-order valence-electron chi connectivity index (χ0n) is 15.8. The summed E-state index contributed by atoms with van der Waals surface area (Å²) < 4.78 is 1.11. The normalized spacial score (nSPS) is 15.1. The molecule has 0 saturated carbocycles. The summed E-state index contributed by atoms with van der Waals surface area (Å²) in [6.07, 6.45) is 0. The van der Waals surface area contributed by atoms with Crippen LogP contribution in [-0.4, -0.2) is 55.1 Å². The fourth-order valence-corrected chi connectivity index (χ4v) is 4.74. The molecule has 146 valence electrons. The number of carbonyl (C=O) groups is 1. The number of para-hydroxylation sites is 1. The van der Waals surface area contributed by atoms with Crippen molar-refractivity contribution in [2.45, 2.75) is 6.92 Å². The minimum absolute atomic E-state index is 0.109. The molecule has 0 aliphatic carbocycles. The van der Waals surface area contributed by atoms with Gasteiger partial charge in [-0.15, -0.1) is 0 Å². The summed E-state index contributed by atoms with van der Waals surface area (Å²) in [5, 5.41) is 1.54. The van der Waals surface area contributed by atoms with E-state index in [2.05, 4.69) is 20.9 Å². The number of halogens is 1. The number of hydrogen-bond donors (Lipinski definition) is 0. The number of carbonyl (C=O) groups excluding carboxylic acids is 1. The van der Waals surface area contributed by atoms with Crippen LogP contribution in [0.2, 0.25) is 5.02 Å². The minimum atomic E-state index is 0.109. The molecule has 1 saturated heterocycles. The second kappa shape index (κ2) is 8.47. The van der Waals surface area contributed by atoms with E-state index >= 15 is 0 Å². The highest BCUT2D eigenvalue weighted by atomic mass is 35.5. The molecule has 0 bridgehead atoms. The van der Waals surface area contributed by atoms with Gasteiger partial charge in [-0.3, -0.25) is 14.6 Å². The molecule has 1 aliphatic rings. The first-order valence-electron chi connectivity index (χ1n) is 9.53. The molecule has 1 fully saturated rings. The van der Waals surface area contributed by atoms with Gasteiger partial charge < -0.3 is 4.90 Å². The molecule has 1 aromatic heterocycles. The molecular weight excluding hydrogens is 392 g/mol. The molecule has 2 aromatic carbocycles. The Labute approximate surface area is 174 Å². The molecule has 0 unspecified atom stereocenters. The van der Waals surface area contributed by atoms with E-state index in [9.17, 15) is 4.79 Å². The number of benzene rings is 2. The molecule has 0 spiro atoms. The summed E-state index contributed by atoms with van der Waals surface area (Å²) in [6.45, 7) is 6.54. The number of amides is 1. The monoisotopic (exact) mass is 414 g/mol. The number of piperazine rings is 1. The third-order valence-corrected chi connectivity index (χ3v) is 6.33. The zero-order chi connectivity index (χ0) is 19.5. The third-order valence-electron chi connectivity index (χ3n) is 5.04. The first-order chi connectivity index (χ1) is 13.6. The van der Waals surface area contributed by atoms with Crippen molar-refractivity contribution in [2.75, 3.05) is 49.1 Å². The van der Waals surface area contributed by atoms with Crippen LogP contribution in [0.3, 0.4) is 0 Å². The van der Waals surface area contributed by atoms with Gasteiger partial charge in [-0.1, -0.05) is 41.1 Å². The van der Waals surface area contributed by atoms with Crippen molar-refractivity contribution in [3.8, 4) is 0 Å². The van der Waals surface area contributed by atoms with Gasteiger partial charge >= 0.3 is 0 Å². The lowest BCUT2D eigenvalue weighted by molar-refractivity contribution is -0.119. The Morgan fingerprint density at radius 3 is 2.64 bits per heavy atom. The molecule has 1 amide bonds. The van der Waals surface area contributed by atoms with Gasteiger partial charge in [-0.05, 0) is 37.3 Å². The number of anilines is 2. The van der Waals surface area contributed by atoms with Gasteiger partial charge in [-0.2, -0.15) is 0 Å². The maximum absolute atomic E-state index is 12.9. The van der Waals surface area contributed by atoms with Crippen molar-refractivity contribution in [3.63, 3.8) is 0 Å². The predicted octanol–water partition coefficient (Wildman–Crippen LogP) is 4.12. The molecular formula is C21H23ClN4OS. The van der Waals surface area contributed by atoms with Crippen LogP contribution in [0.15, 0.2) is 48.5 Å². The van der Waals surface area contributed by atoms with Crippen molar-refractivity contribution in [1.82, 2.24) is 9.88 Å². The van der Waals surface area contributed by atoms with Gasteiger partial charge in [-0.25, -0.2) is 4.98 Å². The Kier molecular flexibility index (Phi) is 5.80. The summed E-state index contributed by atoms with van der Waals surface area (Å²) in [6, 6.07) is 16.0. The van der Waals surface area contributed by atoms with Gasteiger partial charge in [0.1, 0.15) is 0 Å². The van der Waals surface area contributed by atoms with E-state index in [1.165, 1.54) is 0 Å². The molecule has 3 aromatic rings. The highest BCUT2D eigenvalue weighted by Crippen LogP contribution is 2.28. The van der Waals surface area contributed by atoms with Crippen LogP contribution in [0.1, 0.15) is 6.92 Å². The number of thiazole rings is 1. The van der Waals surface area contributed by atoms with Crippen LogP contribution in [0.4, 0.5) is 10.8 Å². The number of fused-ring (bicyclic) bond motifs is 1. The number of hydrogen-bond acceptors (Lipinski definition) is 5. The molecule has 28 heavy (non-hydrogen) atoms. The molecule has 0 atom stereocenters. The lowest BCUT2D eigenvalue weighted by atomic mass is 10.2. The van der Waals surface area contributed by atoms with Crippen LogP contribution >= 0.6 is 22.9 Å². The summed E-state index contributed by atoms with van der Waals surface area (Å²) in [4.78, 5) is 23.9. The van der Waals surface area contributed by atoms with E-state index in [0.29, 0.717) is 13.1 Å². The standard InChI is InChI=1S/C21H23ClN4OS/c1-2-26(21-23-18-8-3-4-9-19(18)28-21)20(27)15-24-10-12-25(13-11-24)17-7-5-6-16(22)14-17/h3-9,14H,2,10-13,15H2,1H3. The number of aromatic nitrogens is 1. The van der Waals surface area contributed by atoms with Gasteiger partial charge in [0.2, 0.25) is 5.91 Å². The van der Waals surface area contributed by atoms with Gasteiger partial charge in [0, 0.05) is 43.4 Å². The van der Waals surface area contributed by atoms with Crippen LogP contribution < -0.4 is 9.80 Å². The van der Waals surface area contributed by atoms with E-state index in [0.717, 1.165) is 52.2 Å². The number of nitrogens with zero attached hydrogens (tertiary/aromatic N) is 4. The minimum Gasteiger partial charge on any atom is -0.369 e. The Hall–Kier alpha value is -2.15. The average molecular weight is 415 g/mol. The molecule has 7 heteroatoms. The smallest absolute Gasteiger partial charge is 0.242 e. The van der Waals surface area contributed by atoms with Crippen LogP contribution in [0.25, 0.3) is 10.2 Å². The van der Waals surface area contributed by atoms with E-state index in [1.807, 2.05) is 49.4 Å². The van der Waals surface area contributed by atoms with Crippen molar-refractivity contribution in [3.05, 3.63) is 53.6 Å². The quantitative estimate of drug-likeness (QED) is 0.629. The van der Waals surface area contributed by atoms with Crippen molar-refractivity contribution in [2.24, 2.45) is 0 Å². The predicted molar refractivity (Wildman–Crippen MR) is 118 cm³/mol. The maximum atomic E-state index is 12.9. The van der Waals surface area contributed by atoms with E-state index in [-0.39, 0.29) is 5.91 Å². The number of likely N-dealkylation sites (N-methyl/N-ethyl adjacent to an activating group) is 1. The zero-order valence-corrected chi connectivity index (χ0v) is 17.4. The largest absolute Gasteiger partial charge is 0.369 e. The highest BCUT2D eigenvalue weighted by Gasteiger charge is 2.23. The lowest BCUT2D eigenvalue weighted by Crippen LogP contribution is -2.50. The summed E-state index contributed by atoms with van der Waals surface area (Å²) in [5.41, 5.74) is 2.09. The van der Waals surface area contributed by atoms with Crippen molar-refractivity contribution in [1.29, 1.82) is 0 Å². The second-order valence-electron chi connectivity index (χ2n) is 6.85. The van der Waals surface area contributed by atoms with Crippen molar-refractivity contribution < 1.29 is 4.79 Å². The van der Waals surface area contributed by atoms with Gasteiger partial charge in [0.15, 0.2) is 5.13 Å². The molecule has 0 radical (unpaired) electrons. The first-order valence-corrected chi connectivity index (χ1v) is 10.7. The van der Waals surface area contributed by atoms with Crippen LogP contribution in [0.5, 0.6) is 0 Å². The lowest BCUT2D eigenvalue weighted by Gasteiger charge is -2.36. The topological polar surface area (TPSA) is 39.7 Å². The fourth-order valence-electron chi connectivity index (χ4n) is 3.51. The molecule has 1 aliphatic heterocycles. The number of rotatable bonds is 5. The molecule has 5 nitrogen and oxygen atoms in total. The first kappa shape index (κ1) is 19.2. The second-order valence-corrected chi connectivity index (χ2v) is 8.29. The summed E-state index contributed by atoms with van der Waals surface area (Å²) in [7, 11) is 0. The van der Waals surface area contributed by atoms with Gasteiger partial charge in [0.05, 0.1) is 16.8 Å².